The highest BCUT2D eigenvalue weighted by atomic mass is 31.2. The summed E-state index contributed by atoms with van der Waals surface area (Å²) in [5.41, 5.74) is 0. The molecule has 600 valence electrons. The number of aliphatic hydroxyl groups is 1. The third-order valence-electron chi connectivity index (χ3n) is 19.3. The van der Waals surface area contributed by atoms with Gasteiger partial charge in [-0.25, -0.2) is 9.13 Å². The molecule has 0 aliphatic heterocycles. The van der Waals surface area contributed by atoms with Crippen LogP contribution in [0.5, 0.6) is 0 Å². The summed E-state index contributed by atoms with van der Waals surface area (Å²) < 4.78 is 68.5. The van der Waals surface area contributed by atoms with E-state index in [4.69, 9.17) is 37.0 Å². The minimum atomic E-state index is -4.96. The Morgan fingerprint density at radius 1 is 0.267 bits per heavy atom. The lowest BCUT2D eigenvalue weighted by atomic mass is 10.0. The molecule has 3 N–H and O–H groups in total. The van der Waals surface area contributed by atoms with Gasteiger partial charge in [-0.1, -0.05) is 388 Å². The SMILES string of the molecule is CCCCCCCCCCCCCCCCCCCCCCCCC(=O)O[C@H](COC(=O)CCCCCCCCCCCCCCCCCC(C)C)COP(=O)(O)OC[C@@H](O)COP(=O)(O)OC[C@@H](COC(=O)CCCCCCC)OC(=O)CCCCCCCCCCCCCCCCCC. The van der Waals surface area contributed by atoms with Crippen LogP contribution in [0.2, 0.25) is 0 Å². The number of unbranched alkanes of at least 4 members (excludes halogenated alkanes) is 54. The van der Waals surface area contributed by atoms with Crippen LogP contribution >= 0.6 is 15.6 Å². The van der Waals surface area contributed by atoms with Crippen molar-refractivity contribution in [3.05, 3.63) is 0 Å². The Morgan fingerprint density at radius 2 is 0.455 bits per heavy atom. The first kappa shape index (κ1) is 99.1. The van der Waals surface area contributed by atoms with Crippen LogP contribution in [0.15, 0.2) is 0 Å². The number of ether oxygens (including phenoxy) is 4. The van der Waals surface area contributed by atoms with E-state index in [0.29, 0.717) is 25.7 Å². The summed E-state index contributed by atoms with van der Waals surface area (Å²) in [6.07, 6.45) is 67.2. The van der Waals surface area contributed by atoms with E-state index in [1.165, 1.54) is 257 Å². The summed E-state index contributed by atoms with van der Waals surface area (Å²) in [4.78, 5) is 72.7. The van der Waals surface area contributed by atoms with E-state index < -0.39 is 97.5 Å². The minimum absolute atomic E-state index is 0.108. The van der Waals surface area contributed by atoms with E-state index in [9.17, 15) is 43.2 Å². The van der Waals surface area contributed by atoms with E-state index in [1.54, 1.807) is 0 Å². The van der Waals surface area contributed by atoms with Gasteiger partial charge in [0.2, 0.25) is 0 Å². The van der Waals surface area contributed by atoms with Crippen LogP contribution in [-0.4, -0.2) is 96.7 Å². The number of esters is 4. The fourth-order valence-electron chi connectivity index (χ4n) is 12.8. The lowest BCUT2D eigenvalue weighted by molar-refractivity contribution is -0.161. The maximum atomic E-state index is 13.1. The summed E-state index contributed by atoms with van der Waals surface area (Å²) in [5.74, 6) is -1.31. The normalized spacial score (nSPS) is 13.8. The molecule has 0 rings (SSSR count). The summed E-state index contributed by atoms with van der Waals surface area (Å²) in [6, 6.07) is 0. The number of carbonyl (C=O) groups is 4. The molecular formula is C82H160O17P2. The van der Waals surface area contributed by atoms with Crippen molar-refractivity contribution in [2.45, 2.75) is 457 Å². The molecule has 0 aromatic rings. The van der Waals surface area contributed by atoms with Crippen molar-refractivity contribution in [2.75, 3.05) is 39.6 Å². The van der Waals surface area contributed by atoms with Crippen LogP contribution in [0.25, 0.3) is 0 Å². The second kappa shape index (κ2) is 74.9. The number of hydrogen-bond acceptors (Lipinski definition) is 15. The van der Waals surface area contributed by atoms with Gasteiger partial charge >= 0.3 is 39.5 Å². The molecular weight excluding hydrogens is 1320 g/mol. The summed E-state index contributed by atoms with van der Waals surface area (Å²) in [6.45, 7) is 7.27. The molecule has 101 heavy (non-hydrogen) atoms. The topological polar surface area (TPSA) is 237 Å². The average molecular weight is 1480 g/mol. The molecule has 17 nitrogen and oxygen atoms in total. The number of carbonyl (C=O) groups excluding carboxylic acids is 4. The zero-order valence-electron chi connectivity index (χ0n) is 66.1. The molecule has 0 bridgehead atoms. The lowest BCUT2D eigenvalue weighted by Crippen LogP contribution is -2.30. The van der Waals surface area contributed by atoms with Gasteiger partial charge in [0.1, 0.15) is 19.3 Å². The Labute approximate surface area is 619 Å². The Balaban J connectivity index is 5.11. The first-order chi connectivity index (χ1) is 49.0. The number of phosphoric acid groups is 2. The van der Waals surface area contributed by atoms with E-state index >= 15 is 0 Å². The summed E-state index contributed by atoms with van der Waals surface area (Å²) >= 11 is 0. The Bertz CT molecular complexity index is 1930. The van der Waals surface area contributed by atoms with Crippen molar-refractivity contribution >= 4 is 39.5 Å². The monoisotopic (exact) mass is 1480 g/mol. The molecule has 2 unspecified atom stereocenters. The molecule has 0 saturated carbocycles. The van der Waals surface area contributed by atoms with Crippen molar-refractivity contribution in [2.24, 2.45) is 5.92 Å². The smallest absolute Gasteiger partial charge is 0.462 e. The highest BCUT2D eigenvalue weighted by molar-refractivity contribution is 7.47. The molecule has 0 amide bonds. The standard InChI is InChI=1S/C82H160O17P2/c1-6-9-12-15-17-19-21-23-25-27-28-29-30-31-32-36-41-45-49-53-58-63-68-82(87)99-78(72-93-80(85)66-61-56-51-47-43-39-37-33-34-38-42-46-50-55-59-64-75(4)5)74-97-101(90,91)95-70-76(83)69-94-100(88,89)96-73-77(71-92-79(84)65-60-54-14-11-8-3)98-81(86)67-62-57-52-48-44-40-35-26-24-22-20-18-16-13-10-7-2/h75-78,83H,6-74H2,1-5H3,(H,88,89)(H,90,91)/t76-,77+,78+/m0/s1. The molecule has 0 spiro atoms. The van der Waals surface area contributed by atoms with Gasteiger partial charge < -0.3 is 33.8 Å². The van der Waals surface area contributed by atoms with Crippen molar-refractivity contribution in [3.8, 4) is 0 Å². The van der Waals surface area contributed by atoms with Crippen LogP contribution in [0.4, 0.5) is 0 Å². The third kappa shape index (κ3) is 76.1. The lowest BCUT2D eigenvalue weighted by Gasteiger charge is -2.21. The Morgan fingerprint density at radius 3 is 0.673 bits per heavy atom. The van der Waals surface area contributed by atoms with Crippen LogP contribution < -0.4 is 0 Å². The second-order valence-electron chi connectivity index (χ2n) is 30.0. The van der Waals surface area contributed by atoms with Gasteiger partial charge in [-0.05, 0) is 31.6 Å². The average Bonchev–Trinajstić information content (AvgIpc) is 1.01. The predicted molar refractivity (Wildman–Crippen MR) is 414 cm³/mol. The van der Waals surface area contributed by atoms with Gasteiger partial charge in [-0.15, -0.1) is 0 Å². The molecule has 0 radical (unpaired) electrons. The number of phosphoric ester groups is 2. The zero-order valence-corrected chi connectivity index (χ0v) is 67.8. The minimum Gasteiger partial charge on any atom is -0.462 e. The Kier molecular flexibility index (Phi) is 73.5. The molecule has 19 heteroatoms. The van der Waals surface area contributed by atoms with E-state index in [2.05, 4.69) is 34.6 Å². The van der Waals surface area contributed by atoms with Gasteiger partial charge in [0, 0.05) is 25.7 Å². The summed E-state index contributed by atoms with van der Waals surface area (Å²) in [7, 11) is -9.91. The molecule has 0 aliphatic rings. The number of hydrogen-bond donors (Lipinski definition) is 3. The predicted octanol–water partition coefficient (Wildman–Crippen LogP) is 24.8. The quantitative estimate of drug-likeness (QED) is 0.0222. The van der Waals surface area contributed by atoms with Crippen LogP contribution in [-0.2, 0) is 65.4 Å². The molecule has 0 aliphatic carbocycles. The van der Waals surface area contributed by atoms with Crippen molar-refractivity contribution in [1.29, 1.82) is 0 Å². The Hall–Kier alpha value is -1.94. The van der Waals surface area contributed by atoms with Gasteiger partial charge in [0.05, 0.1) is 26.4 Å². The van der Waals surface area contributed by atoms with E-state index in [0.717, 1.165) is 102 Å². The van der Waals surface area contributed by atoms with Crippen molar-refractivity contribution < 1.29 is 80.2 Å². The van der Waals surface area contributed by atoms with Gasteiger partial charge in [0.25, 0.3) is 0 Å². The maximum absolute atomic E-state index is 13.1. The highest BCUT2D eigenvalue weighted by Gasteiger charge is 2.30. The highest BCUT2D eigenvalue weighted by Crippen LogP contribution is 2.45. The van der Waals surface area contributed by atoms with Gasteiger partial charge in [0.15, 0.2) is 12.2 Å². The molecule has 0 aromatic carbocycles. The molecule has 0 heterocycles. The zero-order chi connectivity index (χ0) is 74.1. The first-order valence-electron chi connectivity index (χ1n) is 42.6. The van der Waals surface area contributed by atoms with Crippen molar-refractivity contribution in [1.82, 2.24) is 0 Å². The number of rotatable bonds is 82. The van der Waals surface area contributed by atoms with Crippen LogP contribution in [0.3, 0.4) is 0 Å². The maximum Gasteiger partial charge on any atom is 0.472 e. The van der Waals surface area contributed by atoms with E-state index in [1.807, 2.05) is 0 Å². The molecule has 0 saturated heterocycles. The largest absolute Gasteiger partial charge is 0.472 e. The van der Waals surface area contributed by atoms with Gasteiger partial charge in [-0.2, -0.15) is 0 Å². The fourth-order valence-corrected chi connectivity index (χ4v) is 14.3. The molecule has 0 fully saturated rings. The number of aliphatic hydroxyl groups excluding tert-OH is 1. The van der Waals surface area contributed by atoms with Gasteiger partial charge in [-0.3, -0.25) is 37.3 Å². The van der Waals surface area contributed by atoms with Crippen LogP contribution in [0.1, 0.15) is 439 Å². The summed E-state index contributed by atoms with van der Waals surface area (Å²) in [5, 5.41) is 10.6. The van der Waals surface area contributed by atoms with Crippen molar-refractivity contribution in [3.63, 3.8) is 0 Å². The third-order valence-corrected chi connectivity index (χ3v) is 21.2. The second-order valence-corrected chi connectivity index (χ2v) is 32.9. The van der Waals surface area contributed by atoms with E-state index in [-0.39, 0.29) is 25.7 Å². The fraction of sp³-hybridized carbons (Fsp3) is 0.951. The first-order valence-corrected chi connectivity index (χ1v) is 45.6. The molecule has 0 aromatic heterocycles. The molecule has 5 atom stereocenters. The van der Waals surface area contributed by atoms with Crippen LogP contribution in [0, 0.1) is 5.92 Å².